The zero-order valence-electron chi connectivity index (χ0n) is 8.17. The molecule has 5 heteroatoms. The Bertz CT molecular complexity index is 336. The predicted octanol–water partition coefficient (Wildman–Crippen LogP) is 2.50. The van der Waals surface area contributed by atoms with E-state index < -0.39 is 23.8 Å². The van der Waals surface area contributed by atoms with E-state index in [9.17, 15) is 13.9 Å². The van der Waals surface area contributed by atoms with Crippen molar-refractivity contribution in [1.82, 2.24) is 0 Å². The molecule has 0 heterocycles. The van der Waals surface area contributed by atoms with Gasteiger partial charge in [0.1, 0.15) is 11.6 Å². The molecule has 1 aromatic carbocycles. The molecule has 0 spiro atoms. The summed E-state index contributed by atoms with van der Waals surface area (Å²) in [5.74, 6) is -1.50. The highest BCUT2D eigenvalue weighted by molar-refractivity contribution is 9.10. The summed E-state index contributed by atoms with van der Waals surface area (Å²) in [5, 5.41) is 9.43. The molecule has 0 bridgehead atoms. The van der Waals surface area contributed by atoms with Gasteiger partial charge < -0.3 is 10.8 Å². The Morgan fingerprint density at radius 3 is 2.27 bits per heavy atom. The number of nitrogens with two attached hydrogens (primary N) is 1. The normalized spacial score (nSPS) is 15.1. The molecule has 0 saturated carbocycles. The van der Waals surface area contributed by atoms with Gasteiger partial charge in [0.05, 0.1) is 12.1 Å². The summed E-state index contributed by atoms with van der Waals surface area (Å²) in [5.41, 5.74) is 5.28. The average molecular weight is 280 g/mol. The van der Waals surface area contributed by atoms with Gasteiger partial charge in [-0.2, -0.15) is 0 Å². The van der Waals surface area contributed by atoms with Crippen molar-refractivity contribution in [3.63, 3.8) is 0 Å². The van der Waals surface area contributed by atoms with Crippen molar-refractivity contribution in [1.29, 1.82) is 0 Å². The zero-order chi connectivity index (χ0) is 11.6. The lowest BCUT2D eigenvalue weighted by molar-refractivity contribution is 0.137. The van der Waals surface area contributed by atoms with Crippen molar-refractivity contribution >= 4 is 15.9 Å². The lowest BCUT2D eigenvalue weighted by atomic mass is 9.99. The molecule has 84 valence electrons. The predicted molar refractivity (Wildman–Crippen MR) is 57.3 cm³/mol. The van der Waals surface area contributed by atoms with E-state index in [4.69, 9.17) is 5.73 Å². The number of aliphatic hydroxyl groups is 1. The van der Waals surface area contributed by atoms with E-state index in [1.165, 1.54) is 0 Å². The first-order valence-corrected chi connectivity index (χ1v) is 5.34. The Labute approximate surface area is 95.2 Å². The fourth-order valence-electron chi connectivity index (χ4n) is 1.32. The van der Waals surface area contributed by atoms with Crippen LogP contribution in [0.25, 0.3) is 0 Å². The Hall–Kier alpha value is -0.520. The summed E-state index contributed by atoms with van der Waals surface area (Å²) in [6.07, 6.45) is -0.606. The van der Waals surface area contributed by atoms with Crippen molar-refractivity contribution in [2.75, 3.05) is 0 Å². The first kappa shape index (κ1) is 12.5. The van der Waals surface area contributed by atoms with Gasteiger partial charge in [-0.05, 0) is 18.6 Å². The van der Waals surface area contributed by atoms with Crippen LogP contribution in [0.15, 0.2) is 16.6 Å². The van der Waals surface area contributed by atoms with E-state index in [1.54, 1.807) is 6.92 Å². The van der Waals surface area contributed by atoms with E-state index in [1.807, 2.05) is 0 Å². The number of hydrogen-bond acceptors (Lipinski definition) is 2. The van der Waals surface area contributed by atoms with Crippen LogP contribution in [-0.4, -0.2) is 11.2 Å². The van der Waals surface area contributed by atoms with E-state index >= 15 is 0 Å². The highest BCUT2D eigenvalue weighted by atomic mass is 79.9. The second-order valence-electron chi connectivity index (χ2n) is 3.28. The van der Waals surface area contributed by atoms with E-state index in [0.29, 0.717) is 10.9 Å². The lowest BCUT2D eigenvalue weighted by Gasteiger charge is -2.18. The number of halogens is 3. The maximum atomic E-state index is 13.4. The third kappa shape index (κ3) is 2.74. The third-order valence-corrected chi connectivity index (χ3v) is 2.67. The van der Waals surface area contributed by atoms with Crippen LogP contribution in [0.2, 0.25) is 0 Å². The van der Waals surface area contributed by atoms with Crippen LogP contribution in [0.4, 0.5) is 8.78 Å². The summed E-state index contributed by atoms with van der Waals surface area (Å²) in [7, 11) is 0. The molecule has 3 N–H and O–H groups in total. The summed E-state index contributed by atoms with van der Waals surface area (Å²) in [4.78, 5) is 0. The molecule has 0 saturated heterocycles. The fraction of sp³-hybridized carbons (Fsp3) is 0.400. The Morgan fingerprint density at radius 2 is 1.87 bits per heavy atom. The molecule has 0 unspecified atom stereocenters. The quantitative estimate of drug-likeness (QED) is 0.893. The van der Waals surface area contributed by atoms with E-state index in [2.05, 4.69) is 15.9 Å². The van der Waals surface area contributed by atoms with Gasteiger partial charge in [0.25, 0.3) is 0 Å². The highest BCUT2D eigenvalue weighted by Crippen LogP contribution is 2.26. The topological polar surface area (TPSA) is 46.2 Å². The Balaban J connectivity index is 3.13. The Kier molecular flexibility index (Phi) is 4.19. The van der Waals surface area contributed by atoms with Crippen LogP contribution in [0.3, 0.4) is 0 Å². The molecule has 1 rings (SSSR count). The second kappa shape index (κ2) is 5.01. The van der Waals surface area contributed by atoms with Gasteiger partial charge in [0.15, 0.2) is 0 Å². The third-order valence-electron chi connectivity index (χ3n) is 2.21. The molecule has 0 aliphatic rings. The summed E-state index contributed by atoms with van der Waals surface area (Å²) in [6.45, 7) is 1.69. The number of hydrogen-bond donors (Lipinski definition) is 2. The average Bonchev–Trinajstić information content (AvgIpc) is 2.14. The first-order chi connectivity index (χ1) is 6.97. The maximum Gasteiger partial charge on any atom is 0.132 e. The van der Waals surface area contributed by atoms with Gasteiger partial charge in [-0.1, -0.05) is 22.9 Å². The molecule has 0 radical (unpaired) electrons. The minimum Gasteiger partial charge on any atom is -0.391 e. The molecule has 0 aromatic heterocycles. The van der Waals surface area contributed by atoms with Crippen LogP contribution in [0.5, 0.6) is 0 Å². The van der Waals surface area contributed by atoms with Crippen molar-refractivity contribution in [2.45, 2.75) is 25.5 Å². The smallest absolute Gasteiger partial charge is 0.132 e. The summed E-state index contributed by atoms with van der Waals surface area (Å²) in [6, 6.07) is 1.21. The minimum atomic E-state index is -1.04. The highest BCUT2D eigenvalue weighted by Gasteiger charge is 2.22. The number of rotatable bonds is 3. The van der Waals surface area contributed by atoms with Gasteiger partial charge in [-0.3, -0.25) is 0 Å². The molecule has 0 fully saturated rings. The van der Waals surface area contributed by atoms with Gasteiger partial charge in [-0.25, -0.2) is 8.78 Å². The van der Waals surface area contributed by atoms with E-state index in [0.717, 1.165) is 12.1 Å². The van der Waals surface area contributed by atoms with Crippen molar-refractivity contribution in [3.8, 4) is 0 Å². The molecule has 2 atom stereocenters. The van der Waals surface area contributed by atoms with Crippen LogP contribution in [0, 0.1) is 11.6 Å². The molecule has 2 nitrogen and oxygen atoms in total. The van der Waals surface area contributed by atoms with Gasteiger partial charge in [0, 0.05) is 10.0 Å². The molecule has 0 aliphatic carbocycles. The molecule has 0 amide bonds. The summed E-state index contributed by atoms with van der Waals surface area (Å²) < 4.78 is 27.1. The molecule has 0 aliphatic heterocycles. The van der Waals surface area contributed by atoms with Gasteiger partial charge in [-0.15, -0.1) is 0 Å². The van der Waals surface area contributed by atoms with Crippen LogP contribution in [-0.2, 0) is 0 Å². The minimum absolute atomic E-state index is 0.271. The molecular formula is C10H12BrF2NO. The van der Waals surface area contributed by atoms with Gasteiger partial charge >= 0.3 is 0 Å². The standard InChI is InChI=1S/C10H12BrF2NO/c1-2-8(15)10(14)9-6(12)3-5(11)4-7(9)13/h3-4,8,10,15H,2,14H2,1H3/t8-,10-/m0/s1. The van der Waals surface area contributed by atoms with E-state index in [-0.39, 0.29) is 5.56 Å². The Morgan fingerprint density at radius 1 is 1.40 bits per heavy atom. The second-order valence-corrected chi connectivity index (χ2v) is 4.20. The van der Waals surface area contributed by atoms with Crippen LogP contribution in [0.1, 0.15) is 24.9 Å². The molecule has 1 aromatic rings. The SMILES string of the molecule is CC[C@H](O)[C@H](N)c1c(F)cc(Br)cc1F. The van der Waals surface area contributed by atoms with Crippen LogP contribution < -0.4 is 5.73 Å². The maximum absolute atomic E-state index is 13.4. The summed E-state index contributed by atoms with van der Waals surface area (Å²) >= 11 is 2.97. The van der Waals surface area contributed by atoms with Crippen molar-refractivity contribution in [2.24, 2.45) is 5.73 Å². The van der Waals surface area contributed by atoms with Gasteiger partial charge in [0.2, 0.25) is 0 Å². The fourth-order valence-corrected chi connectivity index (χ4v) is 1.72. The number of aliphatic hydroxyl groups excluding tert-OH is 1. The van der Waals surface area contributed by atoms with Crippen molar-refractivity contribution in [3.05, 3.63) is 33.8 Å². The first-order valence-electron chi connectivity index (χ1n) is 4.55. The monoisotopic (exact) mass is 279 g/mol. The largest absolute Gasteiger partial charge is 0.391 e. The zero-order valence-corrected chi connectivity index (χ0v) is 9.76. The lowest BCUT2D eigenvalue weighted by Crippen LogP contribution is -2.27. The van der Waals surface area contributed by atoms with Crippen molar-refractivity contribution < 1.29 is 13.9 Å². The van der Waals surface area contributed by atoms with Crippen LogP contribution >= 0.6 is 15.9 Å². The molecular weight excluding hydrogens is 268 g/mol. The molecule has 15 heavy (non-hydrogen) atoms. The number of benzene rings is 1.